The number of anilines is 1. The van der Waals surface area contributed by atoms with Gasteiger partial charge in [0.05, 0.1) is 11.3 Å². The molecule has 1 aromatic carbocycles. The molecule has 0 aliphatic heterocycles. The van der Waals surface area contributed by atoms with Crippen molar-refractivity contribution in [2.45, 2.75) is 20.8 Å². The minimum Gasteiger partial charge on any atom is -0.478 e. The van der Waals surface area contributed by atoms with Crippen LogP contribution in [0.25, 0.3) is 0 Å². The Morgan fingerprint density at radius 3 is 2.58 bits per heavy atom. The lowest BCUT2D eigenvalue weighted by atomic mass is 10.1. The first-order chi connectivity index (χ1) is 8.91. The average Bonchev–Trinajstić information content (AvgIpc) is 2.30. The first-order valence-electron chi connectivity index (χ1n) is 5.93. The van der Waals surface area contributed by atoms with Gasteiger partial charge in [-0.2, -0.15) is 0 Å². The molecular formula is C14H18N2O3. The van der Waals surface area contributed by atoms with Gasteiger partial charge >= 0.3 is 12.0 Å². The van der Waals surface area contributed by atoms with Crippen molar-refractivity contribution in [1.82, 2.24) is 5.32 Å². The van der Waals surface area contributed by atoms with Crippen molar-refractivity contribution in [2.24, 2.45) is 0 Å². The highest BCUT2D eigenvalue weighted by molar-refractivity contribution is 6.00. The molecule has 3 N–H and O–H groups in total. The molecule has 102 valence electrons. The Morgan fingerprint density at radius 1 is 1.32 bits per heavy atom. The fourth-order valence-electron chi connectivity index (χ4n) is 1.52. The summed E-state index contributed by atoms with van der Waals surface area (Å²) in [5.41, 5.74) is 2.21. The van der Waals surface area contributed by atoms with Gasteiger partial charge in [-0.25, -0.2) is 9.59 Å². The van der Waals surface area contributed by atoms with Crippen LogP contribution in [0.4, 0.5) is 10.5 Å². The summed E-state index contributed by atoms with van der Waals surface area (Å²) in [4.78, 5) is 22.8. The quantitative estimate of drug-likeness (QED) is 0.730. The van der Waals surface area contributed by atoms with Gasteiger partial charge in [-0.1, -0.05) is 23.8 Å². The molecule has 0 unspecified atom stereocenters. The fraction of sp³-hybridized carbons (Fsp3) is 0.286. The molecule has 0 fully saturated rings. The molecule has 0 saturated carbocycles. The minimum absolute atomic E-state index is 0.0809. The number of carbonyl (C=O) groups excluding carboxylic acids is 1. The molecule has 0 saturated heterocycles. The zero-order valence-electron chi connectivity index (χ0n) is 11.3. The number of carbonyl (C=O) groups is 2. The number of urea groups is 1. The Labute approximate surface area is 112 Å². The van der Waals surface area contributed by atoms with Gasteiger partial charge in [-0.05, 0) is 32.4 Å². The van der Waals surface area contributed by atoms with E-state index in [-0.39, 0.29) is 5.56 Å². The van der Waals surface area contributed by atoms with Crippen molar-refractivity contribution in [3.8, 4) is 0 Å². The molecule has 5 nitrogen and oxygen atoms in total. The number of aromatic carboxylic acids is 1. The van der Waals surface area contributed by atoms with E-state index in [9.17, 15) is 9.59 Å². The number of rotatable bonds is 4. The van der Waals surface area contributed by atoms with E-state index in [1.807, 2.05) is 19.9 Å². The molecule has 0 aliphatic carbocycles. The summed E-state index contributed by atoms with van der Waals surface area (Å²) in [7, 11) is 0. The molecule has 0 heterocycles. The second-order valence-electron chi connectivity index (χ2n) is 4.42. The van der Waals surface area contributed by atoms with Gasteiger partial charge in [0.25, 0.3) is 0 Å². The third-order valence-corrected chi connectivity index (χ3v) is 2.51. The number of carboxylic acid groups (broad SMARTS) is 1. The van der Waals surface area contributed by atoms with Crippen molar-refractivity contribution in [1.29, 1.82) is 0 Å². The molecule has 0 aromatic heterocycles. The van der Waals surface area contributed by atoms with E-state index >= 15 is 0 Å². The third kappa shape index (κ3) is 4.46. The van der Waals surface area contributed by atoms with Crippen LogP contribution < -0.4 is 10.6 Å². The summed E-state index contributed by atoms with van der Waals surface area (Å²) in [6, 6.07) is 4.43. The number of nitrogens with one attached hydrogen (secondary N) is 2. The van der Waals surface area contributed by atoms with E-state index in [4.69, 9.17) is 5.11 Å². The van der Waals surface area contributed by atoms with Crippen LogP contribution in [0.15, 0.2) is 29.8 Å². The van der Waals surface area contributed by atoms with Crippen molar-refractivity contribution in [3.63, 3.8) is 0 Å². The molecule has 0 radical (unpaired) electrons. The standard InChI is InChI=1S/C14H18N2O3/c1-9(2)7-8-15-14(19)16-12-10(3)5-4-6-11(12)13(17)18/h4-7H,8H2,1-3H3,(H,17,18)(H2,15,16,19). The predicted molar refractivity (Wildman–Crippen MR) is 74.6 cm³/mol. The fourth-order valence-corrected chi connectivity index (χ4v) is 1.52. The molecule has 2 amide bonds. The SMILES string of the molecule is CC(C)=CCNC(=O)Nc1c(C)cccc1C(=O)O. The van der Waals surface area contributed by atoms with Crippen LogP contribution in [0, 0.1) is 6.92 Å². The number of benzene rings is 1. The molecule has 1 rings (SSSR count). The number of aryl methyl sites for hydroxylation is 1. The van der Waals surface area contributed by atoms with Gasteiger partial charge in [-0.3, -0.25) is 0 Å². The minimum atomic E-state index is -1.07. The van der Waals surface area contributed by atoms with Crippen LogP contribution in [0.3, 0.4) is 0 Å². The van der Waals surface area contributed by atoms with E-state index in [0.717, 1.165) is 5.57 Å². The lowest BCUT2D eigenvalue weighted by molar-refractivity contribution is 0.0698. The van der Waals surface area contributed by atoms with Crippen LogP contribution in [0.1, 0.15) is 29.8 Å². The number of hydrogen-bond acceptors (Lipinski definition) is 2. The van der Waals surface area contributed by atoms with E-state index in [2.05, 4.69) is 10.6 Å². The monoisotopic (exact) mass is 262 g/mol. The Hall–Kier alpha value is -2.30. The second kappa shape index (κ2) is 6.58. The summed E-state index contributed by atoms with van der Waals surface area (Å²) >= 11 is 0. The highest BCUT2D eigenvalue weighted by Crippen LogP contribution is 2.20. The highest BCUT2D eigenvalue weighted by Gasteiger charge is 2.13. The molecule has 5 heteroatoms. The topological polar surface area (TPSA) is 78.4 Å². The zero-order chi connectivity index (χ0) is 14.4. The maximum atomic E-state index is 11.7. The molecular weight excluding hydrogens is 244 g/mol. The zero-order valence-corrected chi connectivity index (χ0v) is 11.3. The summed E-state index contributed by atoms with van der Waals surface area (Å²) in [6.45, 7) is 6.02. The molecule has 19 heavy (non-hydrogen) atoms. The number of hydrogen-bond donors (Lipinski definition) is 3. The average molecular weight is 262 g/mol. The summed E-state index contributed by atoms with van der Waals surface area (Å²) in [5.74, 6) is -1.07. The largest absolute Gasteiger partial charge is 0.478 e. The lowest BCUT2D eigenvalue weighted by Gasteiger charge is -2.11. The smallest absolute Gasteiger partial charge is 0.337 e. The highest BCUT2D eigenvalue weighted by atomic mass is 16.4. The van der Waals surface area contributed by atoms with Crippen LogP contribution in [0.5, 0.6) is 0 Å². The summed E-state index contributed by atoms with van der Waals surface area (Å²) < 4.78 is 0. The lowest BCUT2D eigenvalue weighted by Crippen LogP contribution is -2.29. The van der Waals surface area contributed by atoms with Gasteiger partial charge in [0.1, 0.15) is 0 Å². The van der Waals surface area contributed by atoms with Crippen molar-refractivity contribution < 1.29 is 14.7 Å². The molecule has 0 atom stereocenters. The van der Waals surface area contributed by atoms with Gasteiger partial charge in [0.15, 0.2) is 0 Å². The third-order valence-electron chi connectivity index (χ3n) is 2.51. The Balaban J connectivity index is 2.79. The Bertz CT molecular complexity index is 517. The normalized spacial score (nSPS) is 9.63. The Morgan fingerprint density at radius 2 is 2.00 bits per heavy atom. The first-order valence-corrected chi connectivity index (χ1v) is 5.93. The summed E-state index contributed by atoms with van der Waals surface area (Å²) in [5, 5.41) is 14.3. The van der Waals surface area contributed by atoms with E-state index < -0.39 is 12.0 Å². The maximum absolute atomic E-state index is 11.7. The van der Waals surface area contributed by atoms with Crippen molar-refractivity contribution in [3.05, 3.63) is 41.0 Å². The van der Waals surface area contributed by atoms with Crippen LogP contribution >= 0.6 is 0 Å². The van der Waals surface area contributed by atoms with E-state index in [0.29, 0.717) is 17.8 Å². The molecule has 1 aromatic rings. The van der Waals surface area contributed by atoms with Crippen molar-refractivity contribution >= 4 is 17.7 Å². The number of amides is 2. The molecule has 0 aliphatic rings. The van der Waals surface area contributed by atoms with Crippen LogP contribution in [-0.2, 0) is 0 Å². The number of allylic oxidation sites excluding steroid dienone is 1. The maximum Gasteiger partial charge on any atom is 0.337 e. The number of carboxylic acids is 1. The van der Waals surface area contributed by atoms with Crippen LogP contribution in [-0.4, -0.2) is 23.7 Å². The summed E-state index contributed by atoms with van der Waals surface area (Å²) in [6.07, 6.45) is 1.87. The molecule has 0 bridgehead atoms. The number of para-hydroxylation sites is 1. The van der Waals surface area contributed by atoms with Gasteiger partial charge in [-0.15, -0.1) is 0 Å². The van der Waals surface area contributed by atoms with Crippen LogP contribution in [0.2, 0.25) is 0 Å². The van der Waals surface area contributed by atoms with Gasteiger partial charge in [0, 0.05) is 6.54 Å². The van der Waals surface area contributed by atoms with Crippen molar-refractivity contribution in [2.75, 3.05) is 11.9 Å². The van der Waals surface area contributed by atoms with E-state index in [1.165, 1.54) is 6.07 Å². The second-order valence-corrected chi connectivity index (χ2v) is 4.42. The Kier molecular flexibility index (Phi) is 5.11. The first kappa shape index (κ1) is 14.8. The van der Waals surface area contributed by atoms with Gasteiger partial charge in [0.2, 0.25) is 0 Å². The molecule has 0 spiro atoms. The predicted octanol–water partition coefficient (Wildman–Crippen LogP) is 2.78. The van der Waals surface area contributed by atoms with Gasteiger partial charge < -0.3 is 15.7 Å². The van der Waals surface area contributed by atoms with E-state index in [1.54, 1.807) is 19.1 Å².